The van der Waals surface area contributed by atoms with Gasteiger partial charge in [-0.1, -0.05) is 37.8 Å². The van der Waals surface area contributed by atoms with E-state index in [1.54, 1.807) is 52.0 Å². The fourth-order valence-electron chi connectivity index (χ4n) is 3.56. The topological polar surface area (TPSA) is 131 Å². The van der Waals surface area contributed by atoms with Crippen LogP contribution in [0.25, 0.3) is 6.08 Å². The molecular formula is C27H42N4O5. The number of benzene rings is 1. The first-order chi connectivity index (χ1) is 16.5. The van der Waals surface area contributed by atoms with Crippen LogP contribution >= 0.6 is 0 Å². The molecule has 9 nitrogen and oxygen atoms in total. The lowest BCUT2D eigenvalue weighted by Gasteiger charge is -2.39. The summed E-state index contributed by atoms with van der Waals surface area (Å²) in [6.07, 6.45) is 0.848. The summed E-state index contributed by atoms with van der Waals surface area (Å²) < 4.78 is 5.29. The van der Waals surface area contributed by atoms with Crippen LogP contribution in [0.5, 0.6) is 0 Å². The van der Waals surface area contributed by atoms with Crippen LogP contribution in [-0.2, 0) is 19.1 Å². The van der Waals surface area contributed by atoms with E-state index in [0.29, 0.717) is 12.0 Å². The molecule has 1 rings (SSSR count). The number of carbonyl (C=O) groups excluding carboxylic acids is 4. The molecule has 200 valence electrons. The zero-order valence-corrected chi connectivity index (χ0v) is 22.8. The zero-order chi connectivity index (χ0) is 27.8. The van der Waals surface area contributed by atoms with Crippen LogP contribution in [0.2, 0.25) is 0 Å². The quantitative estimate of drug-likeness (QED) is 0.449. The number of ether oxygens (including phenoxy) is 1. The van der Waals surface area contributed by atoms with Gasteiger partial charge in [-0.25, -0.2) is 4.79 Å². The van der Waals surface area contributed by atoms with Gasteiger partial charge in [-0.2, -0.15) is 0 Å². The van der Waals surface area contributed by atoms with Crippen LogP contribution in [0.4, 0.5) is 4.79 Å². The molecule has 3 atom stereocenters. The second-order valence-corrected chi connectivity index (χ2v) is 10.9. The van der Waals surface area contributed by atoms with E-state index in [4.69, 9.17) is 10.5 Å². The molecule has 36 heavy (non-hydrogen) atoms. The predicted molar refractivity (Wildman–Crippen MR) is 141 cm³/mol. The monoisotopic (exact) mass is 502 g/mol. The van der Waals surface area contributed by atoms with Crippen molar-refractivity contribution >= 4 is 29.9 Å². The SMILES string of the molecule is C=Cc1cccc(C(C(=O)NC(C)(C)C)N(C(=O)C(CC(N)=O)NC(=O)OC(C)(C)C)C(C)CC)c1. The molecule has 0 bridgehead atoms. The summed E-state index contributed by atoms with van der Waals surface area (Å²) in [6.45, 7) is 18.1. The minimum absolute atomic E-state index is 0.396. The lowest BCUT2D eigenvalue weighted by atomic mass is 9.96. The molecule has 4 amide bonds. The van der Waals surface area contributed by atoms with Crippen molar-refractivity contribution in [2.75, 3.05) is 0 Å². The Balaban J connectivity index is 3.63. The molecule has 3 unspecified atom stereocenters. The van der Waals surface area contributed by atoms with Crippen molar-refractivity contribution in [1.29, 1.82) is 0 Å². The lowest BCUT2D eigenvalue weighted by Crippen LogP contribution is -2.57. The minimum Gasteiger partial charge on any atom is -0.444 e. The van der Waals surface area contributed by atoms with Crippen LogP contribution in [0.15, 0.2) is 30.8 Å². The standard InChI is InChI=1S/C27H42N4O5/c1-10-17(3)31(24(34)20(16-21(28)32)29-25(35)36-27(7,8)9)22(23(33)30-26(4,5)6)19-14-12-13-18(11-2)15-19/h11-15,17,20,22H,2,10,16H2,1,3-9H3,(H2,28,32)(H,29,35)(H,30,33). The van der Waals surface area contributed by atoms with Gasteiger partial charge in [0.05, 0.1) is 6.42 Å². The van der Waals surface area contributed by atoms with Crippen LogP contribution in [0.1, 0.15) is 85.4 Å². The Kier molecular flexibility index (Phi) is 10.7. The van der Waals surface area contributed by atoms with Crippen LogP contribution in [0, 0.1) is 0 Å². The number of carbonyl (C=O) groups is 4. The van der Waals surface area contributed by atoms with Crippen molar-refractivity contribution in [2.45, 2.75) is 97.5 Å². The third-order valence-electron chi connectivity index (χ3n) is 5.20. The van der Waals surface area contributed by atoms with Gasteiger partial charge in [0, 0.05) is 11.6 Å². The van der Waals surface area contributed by atoms with Crippen molar-refractivity contribution in [2.24, 2.45) is 5.73 Å². The van der Waals surface area contributed by atoms with E-state index >= 15 is 0 Å². The number of hydrogen-bond acceptors (Lipinski definition) is 5. The highest BCUT2D eigenvalue weighted by atomic mass is 16.6. The molecule has 0 aliphatic rings. The van der Waals surface area contributed by atoms with E-state index in [1.807, 2.05) is 33.8 Å². The van der Waals surface area contributed by atoms with E-state index in [-0.39, 0.29) is 0 Å². The largest absolute Gasteiger partial charge is 0.444 e. The predicted octanol–water partition coefficient (Wildman–Crippen LogP) is 3.68. The lowest BCUT2D eigenvalue weighted by molar-refractivity contribution is -0.146. The molecule has 1 aromatic rings. The van der Waals surface area contributed by atoms with Gasteiger partial charge in [-0.05, 0) is 72.1 Å². The fraction of sp³-hybridized carbons (Fsp3) is 0.556. The smallest absolute Gasteiger partial charge is 0.408 e. The van der Waals surface area contributed by atoms with Gasteiger partial charge in [0.25, 0.3) is 0 Å². The van der Waals surface area contributed by atoms with Crippen molar-refractivity contribution in [3.63, 3.8) is 0 Å². The summed E-state index contributed by atoms with van der Waals surface area (Å²) in [6, 6.07) is 4.38. The first kappa shape index (κ1) is 30.7. The Morgan fingerprint density at radius 3 is 2.22 bits per heavy atom. The molecule has 1 aromatic carbocycles. The molecule has 0 aliphatic carbocycles. The molecule has 0 spiro atoms. The second-order valence-electron chi connectivity index (χ2n) is 10.9. The summed E-state index contributed by atoms with van der Waals surface area (Å²) in [7, 11) is 0. The first-order valence-corrected chi connectivity index (χ1v) is 12.1. The maximum Gasteiger partial charge on any atom is 0.408 e. The number of rotatable bonds is 10. The molecule has 4 N–H and O–H groups in total. The molecule has 0 aromatic heterocycles. The number of hydrogen-bond donors (Lipinski definition) is 3. The van der Waals surface area contributed by atoms with Gasteiger partial charge in [-0.3, -0.25) is 14.4 Å². The van der Waals surface area contributed by atoms with E-state index < -0.39 is 59.5 Å². The van der Waals surface area contributed by atoms with Gasteiger partial charge < -0.3 is 26.0 Å². The third kappa shape index (κ3) is 9.71. The van der Waals surface area contributed by atoms with Crippen molar-refractivity contribution in [3.05, 3.63) is 42.0 Å². The van der Waals surface area contributed by atoms with E-state index in [0.717, 1.165) is 5.56 Å². The fourth-order valence-corrected chi connectivity index (χ4v) is 3.56. The molecule has 0 saturated carbocycles. The Labute approximate surface area is 214 Å². The Hall–Kier alpha value is -3.36. The summed E-state index contributed by atoms with van der Waals surface area (Å²) >= 11 is 0. The summed E-state index contributed by atoms with van der Waals surface area (Å²) in [5.41, 5.74) is 5.37. The number of alkyl carbamates (subject to hydrolysis) is 1. The van der Waals surface area contributed by atoms with Crippen molar-refractivity contribution in [1.82, 2.24) is 15.5 Å². The Bertz CT molecular complexity index is 962. The molecule has 9 heteroatoms. The summed E-state index contributed by atoms with van der Waals surface area (Å²) in [4.78, 5) is 53.4. The van der Waals surface area contributed by atoms with Gasteiger partial charge in [-0.15, -0.1) is 0 Å². The Morgan fingerprint density at radius 2 is 1.75 bits per heavy atom. The number of nitrogens with zero attached hydrogens (tertiary/aromatic N) is 1. The van der Waals surface area contributed by atoms with E-state index in [2.05, 4.69) is 17.2 Å². The Morgan fingerprint density at radius 1 is 1.14 bits per heavy atom. The zero-order valence-electron chi connectivity index (χ0n) is 22.8. The highest BCUT2D eigenvalue weighted by molar-refractivity contribution is 5.95. The van der Waals surface area contributed by atoms with Crippen LogP contribution < -0.4 is 16.4 Å². The number of primary amides is 1. The highest BCUT2D eigenvalue weighted by Crippen LogP contribution is 2.28. The molecule has 0 radical (unpaired) electrons. The normalized spacial score (nSPS) is 14.1. The molecule has 0 saturated heterocycles. The van der Waals surface area contributed by atoms with Crippen molar-refractivity contribution in [3.8, 4) is 0 Å². The maximum atomic E-state index is 14.0. The van der Waals surface area contributed by atoms with Gasteiger partial charge in [0.1, 0.15) is 17.7 Å². The van der Waals surface area contributed by atoms with Crippen molar-refractivity contribution < 1.29 is 23.9 Å². The molecule has 0 fully saturated rings. The molecular weight excluding hydrogens is 460 g/mol. The first-order valence-electron chi connectivity index (χ1n) is 12.1. The second kappa shape index (κ2) is 12.6. The molecule has 0 heterocycles. The maximum absolute atomic E-state index is 14.0. The minimum atomic E-state index is -1.32. The third-order valence-corrected chi connectivity index (χ3v) is 5.20. The van der Waals surface area contributed by atoms with Crippen LogP contribution in [0.3, 0.4) is 0 Å². The van der Waals surface area contributed by atoms with E-state index in [1.165, 1.54) is 4.90 Å². The van der Waals surface area contributed by atoms with Gasteiger partial charge >= 0.3 is 6.09 Å². The van der Waals surface area contributed by atoms with Gasteiger partial charge in [0.2, 0.25) is 17.7 Å². The average molecular weight is 503 g/mol. The highest BCUT2D eigenvalue weighted by Gasteiger charge is 2.39. The number of nitrogens with two attached hydrogens (primary N) is 1. The van der Waals surface area contributed by atoms with Crippen LogP contribution in [-0.4, -0.2) is 51.9 Å². The van der Waals surface area contributed by atoms with E-state index in [9.17, 15) is 19.2 Å². The number of amides is 4. The molecule has 0 aliphatic heterocycles. The van der Waals surface area contributed by atoms with Gasteiger partial charge in [0.15, 0.2) is 0 Å². The number of nitrogens with one attached hydrogen (secondary N) is 2. The average Bonchev–Trinajstić information content (AvgIpc) is 2.73. The summed E-state index contributed by atoms with van der Waals surface area (Å²) in [5.74, 6) is -1.79. The summed E-state index contributed by atoms with van der Waals surface area (Å²) in [5, 5.41) is 5.44.